The molecule has 0 heterocycles. The molecule has 0 saturated heterocycles. The topological polar surface area (TPSA) is 49.3 Å². The number of aliphatic hydroxyl groups excluding tert-OH is 1. The molecule has 0 aliphatic carbocycles. The molecule has 82 valence electrons. The van der Waals surface area contributed by atoms with Crippen LogP contribution in [0.25, 0.3) is 0 Å². The minimum Gasteiger partial charge on any atom is -0.392 e. The van der Waals surface area contributed by atoms with Crippen molar-refractivity contribution in [1.29, 1.82) is 0 Å². The van der Waals surface area contributed by atoms with Crippen molar-refractivity contribution in [2.24, 2.45) is 0 Å². The van der Waals surface area contributed by atoms with Gasteiger partial charge in [0.05, 0.1) is 11.9 Å². The van der Waals surface area contributed by atoms with E-state index in [9.17, 15) is 4.79 Å². The van der Waals surface area contributed by atoms with Crippen molar-refractivity contribution in [3.05, 3.63) is 29.8 Å². The van der Waals surface area contributed by atoms with Crippen LogP contribution >= 0.6 is 11.8 Å². The Hall–Kier alpha value is -1.00. The molecule has 0 bridgehead atoms. The first-order valence-corrected chi connectivity index (χ1v) is 5.63. The minimum absolute atomic E-state index is 0.0197. The second kappa shape index (κ2) is 5.78. The highest BCUT2D eigenvalue weighted by molar-refractivity contribution is 8.00. The van der Waals surface area contributed by atoms with Crippen molar-refractivity contribution in [2.75, 3.05) is 7.05 Å². The van der Waals surface area contributed by atoms with Crippen LogP contribution in [0.4, 0.5) is 0 Å². The van der Waals surface area contributed by atoms with Crippen LogP contribution in [0.1, 0.15) is 12.5 Å². The highest BCUT2D eigenvalue weighted by Crippen LogP contribution is 2.23. The molecule has 2 N–H and O–H groups in total. The van der Waals surface area contributed by atoms with Gasteiger partial charge in [-0.2, -0.15) is 0 Å². The average Bonchev–Trinajstić information content (AvgIpc) is 2.29. The fraction of sp³-hybridized carbons (Fsp3) is 0.364. The number of hydrogen-bond donors (Lipinski definition) is 2. The van der Waals surface area contributed by atoms with Crippen molar-refractivity contribution in [3.8, 4) is 0 Å². The molecule has 1 rings (SSSR count). The summed E-state index contributed by atoms with van der Waals surface area (Å²) in [5, 5.41) is 11.4. The summed E-state index contributed by atoms with van der Waals surface area (Å²) in [7, 11) is 1.63. The third kappa shape index (κ3) is 3.57. The Balaban J connectivity index is 2.60. The fourth-order valence-corrected chi connectivity index (χ4v) is 2.06. The summed E-state index contributed by atoms with van der Waals surface area (Å²) in [6, 6.07) is 7.54. The van der Waals surface area contributed by atoms with Crippen LogP contribution in [-0.2, 0) is 11.4 Å². The Morgan fingerprint density at radius 3 is 2.53 bits per heavy atom. The first-order chi connectivity index (χ1) is 7.17. The second-order valence-electron chi connectivity index (χ2n) is 3.18. The molecule has 0 spiro atoms. The number of carbonyl (C=O) groups is 1. The number of aliphatic hydroxyl groups is 1. The summed E-state index contributed by atoms with van der Waals surface area (Å²) in [5.41, 5.74) is 0.881. The smallest absolute Gasteiger partial charge is 0.232 e. The molecule has 3 nitrogen and oxygen atoms in total. The van der Waals surface area contributed by atoms with Gasteiger partial charge in [-0.1, -0.05) is 12.1 Å². The largest absolute Gasteiger partial charge is 0.392 e. The van der Waals surface area contributed by atoms with Crippen molar-refractivity contribution >= 4 is 17.7 Å². The van der Waals surface area contributed by atoms with Gasteiger partial charge in [0.15, 0.2) is 0 Å². The van der Waals surface area contributed by atoms with Crippen molar-refractivity contribution in [1.82, 2.24) is 5.32 Å². The molecule has 1 aromatic rings. The Labute approximate surface area is 93.9 Å². The number of nitrogens with one attached hydrogen (secondary N) is 1. The van der Waals surface area contributed by atoms with E-state index in [0.29, 0.717) is 0 Å². The SMILES string of the molecule is CNC(=O)C(C)Sc1ccc(CO)cc1. The van der Waals surface area contributed by atoms with Crippen LogP contribution in [0.15, 0.2) is 29.2 Å². The molecular weight excluding hydrogens is 210 g/mol. The van der Waals surface area contributed by atoms with Gasteiger partial charge in [0.25, 0.3) is 0 Å². The first kappa shape index (κ1) is 12.1. The van der Waals surface area contributed by atoms with E-state index in [1.54, 1.807) is 7.05 Å². The van der Waals surface area contributed by atoms with E-state index in [1.165, 1.54) is 11.8 Å². The maximum atomic E-state index is 11.3. The van der Waals surface area contributed by atoms with Gasteiger partial charge in [-0.25, -0.2) is 0 Å². The van der Waals surface area contributed by atoms with E-state index in [1.807, 2.05) is 31.2 Å². The number of rotatable bonds is 4. The molecule has 1 amide bonds. The molecule has 0 fully saturated rings. The third-order valence-electron chi connectivity index (χ3n) is 2.03. The normalized spacial score (nSPS) is 12.2. The van der Waals surface area contributed by atoms with Gasteiger partial charge in [-0.3, -0.25) is 4.79 Å². The van der Waals surface area contributed by atoms with Gasteiger partial charge in [0, 0.05) is 11.9 Å². The summed E-state index contributed by atoms with van der Waals surface area (Å²) in [4.78, 5) is 12.3. The van der Waals surface area contributed by atoms with Crippen LogP contribution in [0, 0.1) is 0 Å². The van der Waals surface area contributed by atoms with E-state index in [2.05, 4.69) is 5.32 Å². The van der Waals surface area contributed by atoms with Gasteiger partial charge in [0.2, 0.25) is 5.91 Å². The predicted octanol–water partition coefficient (Wildman–Crippen LogP) is 1.41. The second-order valence-corrected chi connectivity index (χ2v) is 4.59. The molecule has 0 aliphatic heterocycles. The predicted molar refractivity (Wildman–Crippen MR) is 61.8 cm³/mol. The minimum atomic E-state index is -0.102. The Kier molecular flexibility index (Phi) is 4.65. The quantitative estimate of drug-likeness (QED) is 0.762. The van der Waals surface area contributed by atoms with E-state index in [-0.39, 0.29) is 17.8 Å². The monoisotopic (exact) mass is 225 g/mol. The number of amides is 1. The number of hydrogen-bond acceptors (Lipinski definition) is 3. The van der Waals surface area contributed by atoms with Gasteiger partial charge < -0.3 is 10.4 Å². The van der Waals surface area contributed by atoms with E-state index < -0.39 is 0 Å². The zero-order valence-corrected chi connectivity index (χ0v) is 9.67. The lowest BCUT2D eigenvalue weighted by molar-refractivity contribution is -0.119. The maximum Gasteiger partial charge on any atom is 0.232 e. The molecule has 15 heavy (non-hydrogen) atoms. The van der Waals surface area contributed by atoms with Gasteiger partial charge in [0.1, 0.15) is 0 Å². The van der Waals surface area contributed by atoms with Gasteiger partial charge in [-0.05, 0) is 24.6 Å². The zero-order valence-electron chi connectivity index (χ0n) is 8.86. The van der Waals surface area contributed by atoms with E-state index in [0.717, 1.165) is 10.5 Å². The summed E-state index contributed by atoms with van der Waals surface area (Å²) >= 11 is 1.50. The highest BCUT2D eigenvalue weighted by atomic mass is 32.2. The maximum absolute atomic E-state index is 11.3. The Morgan fingerprint density at radius 1 is 1.47 bits per heavy atom. The lowest BCUT2D eigenvalue weighted by Crippen LogP contribution is -2.27. The summed E-state index contributed by atoms with van der Waals surface area (Å²) in [6.07, 6.45) is 0. The van der Waals surface area contributed by atoms with Crippen molar-refractivity contribution < 1.29 is 9.90 Å². The van der Waals surface area contributed by atoms with Gasteiger partial charge in [-0.15, -0.1) is 11.8 Å². The third-order valence-corrected chi connectivity index (χ3v) is 3.15. The number of thioether (sulfide) groups is 1. The van der Waals surface area contributed by atoms with E-state index >= 15 is 0 Å². The van der Waals surface area contributed by atoms with Crippen LogP contribution in [0.2, 0.25) is 0 Å². The molecule has 0 saturated carbocycles. The standard InChI is InChI=1S/C11H15NO2S/c1-8(11(14)12-2)15-10-5-3-9(7-13)4-6-10/h3-6,8,13H,7H2,1-2H3,(H,12,14). The molecule has 4 heteroatoms. The molecule has 1 atom stereocenters. The molecule has 1 unspecified atom stereocenters. The first-order valence-electron chi connectivity index (χ1n) is 4.75. The molecule has 0 aromatic heterocycles. The molecule has 1 aromatic carbocycles. The van der Waals surface area contributed by atoms with Crippen LogP contribution < -0.4 is 5.32 Å². The van der Waals surface area contributed by atoms with Crippen LogP contribution in [0.3, 0.4) is 0 Å². The van der Waals surface area contributed by atoms with Crippen LogP contribution in [0.5, 0.6) is 0 Å². The Bertz CT molecular complexity index is 324. The van der Waals surface area contributed by atoms with E-state index in [4.69, 9.17) is 5.11 Å². The molecular formula is C11H15NO2S. The fourth-order valence-electron chi connectivity index (χ4n) is 1.13. The van der Waals surface area contributed by atoms with Gasteiger partial charge >= 0.3 is 0 Å². The summed E-state index contributed by atoms with van der Waals surface area (Å²) in [5.74, 6) is 0.0197. The van der Waals surface area contributed by atoms with Crippen LogP contribution in [-0.4, -0.2) is 23.3 Å². The molecule has 0 radical (unpaired) electrons. The van der Waals surface area contributed by atoms with Crippen molar-refractivity contribution in [3.63, 3.8) is 0 Å². The lowest BCUT2D eigenvalue weighted by Gasteiger charge is -2.09. The molecule has 0 aliphatic rings. The Morgan fingerprint density at radius 2 is 2.07 bits per heavy atom. The van der Waals surface area contributed by atoms with Crippen molar-refractivity contribution in [2.45, 2.75) is 23.7 Å². The number of benzene rings is 1. The number of carbonyl (C=O) groups excluding carboxylic acids is 1. The zero-order chi connectivity index (χ0) is 11.3. The lowest BCUT2D eigenvalue weighted by atomic mass is 10.2. The summed E-state index contributed by atoms with van der Waals surface area (Å²) in [6.45, 7) is 1.92. The summed E-state index contributed by atoms with van der Waals surface area (Å²) < 4.78 is 0. The average molecular weight is 225 g/mol. The highest BCUT2D eigenvalue weighted by Gasteiger charge is 2.11.